The van der Waals surface area contributed by atoms with Gasteiger partial charge in [0.15, 0.2) is 0 Å². The zero-order valence-electron chi connectivity index (χ0n) is 14.1. The average Bonchev–Trinajstić information content (AvgIpc) is 2.47. The van der Waals surface area contributed by atoms with Gasteiger partial charge in [0.05, 0.1) is 0 Å². The number of rotatable bonds is 14. The number of unbranched alkanes of at least 4 members (excludes halogenated alkanes) is 2. The lowest BCUT2D eigenvalue weighted by atomic mass is 10.1. The molecule has 0 rings (SSSR count). The molecule has 1 atom stereocenters. The Bertz CT molecular complexity index is 279. The summed E-state index contributed by atoms with van der Waals surface area (Å²) in [6, 6.07) is 0. The predicted octanol–water partition coefficient (Wildman–Crippen LogP) is 3.49. The van der Waals surface area contributed by atoms with Crippen molar-refractivity contribution in [3.63, 3.8) is 0 Å². The second kappa shape index (κ2) is 14.1. The third-order valence-electron chi connectivity index (χ3n) is 3.55. The highest BCUT2D eigenvalue weighted by Crippen LogP contribution is 2.02. The van der Waals surface area contributed by atoms with Crippen molar-refractivity contribution in [2.75, 3.05) is 19.8 Å². The van der Waals surface area contributed by atoms with Gasteiger partial charge in [0.2, 0.25) is 5.91 Å². The molecule has 124 valence electrons. The van der Waals surface area contributed by atoms with Crippen LogP contribution in [0.3, 0.4) is 0 Å². The van der Waals surface area contributed by atoms with Gasteiger partial charge in [-0.3, -0.25) is 9.59 Å². The van der Waals surface area contributed by atoms with E-state index in [1.54, 1.807) is 0 Å². The minimum Gasteiger partial charge on any atom is -0.381 e. The second-order valence-corrected chi connectivity index (χ2v) is 5.79. The van der Waals surface area contributed by atoms with Crippen LogP contribution in [0.25, 0.3) is 0 Å². The van der Waals surface area contributed by atoms with Gasteiger partial charge in [0.1, 0.15) is 5.78 Å². The molecule has 1 amide bonds. The minimum atomic E-state index is -0.00697. The summed E-state index contributed by atoms with van der Waals surface area (Å²) in [6.07, 6.45) is 6.40. The maximum Gasteiger partial charge on any atom is 0.220 e. The van der Waals surface area contributed by atoms with E-state index in [2.05, 4.69) is 19.2 Å². The highest BCUT2D eigenvalue weighted by molar-refractivity contribution is 5.84. The number of hydrogen-bond acceptors (Lipinski definition) is 3. The van der Waals surface area contributed by atoms with Crippen LogP contribution >= 0.6 is 0 Å². The summed E-state index contributed by atoms with van der Waals surface area (Å²) < 4.78 is 5.58. The number of Topliss-reactive ketones (excluding diaryl/α,β-unsaturated/α-hetero) is 1. The molecular formula is C17H33NO3. The first-order chi connectivity index (χ1) is 10.1. The molecule has 0 bridgehead atoms. The summed E-state index contributed by atoms with van der Waals surface area (Å²) in [5.74, 6) is 0.818. The molecule has 0 saturated heterocycles. The molecule has 1 unspecified atom stereocenters. The van der Waals surface area contributed by atoms with Gasteiger partial charge in [-0.15, -0.1) is 0 Å². The van der Waals surface area contributed by atoms with E-state index in [4.69, 9.17) is 4.74 Å². The zero-order chi connectivity index (χ0) is 15.9. The van der Waals surface area contributed by atoms with Crippen molar-refractivity contribution in [1.82, 2.24) is 5.32 Å². The summed E-state index contributed by atoms with van der Waals surface area (Å²) in [7, 11) is 0. The van der Waals surface area contributed by atoms with Gasteiger partial charge in [0, 0.05) is 39.0 Å². The number of ether oxygens (including phenoxy) is 1. The van der Waals surface area contributed by atoms with E-state index < -0.39 is 0 Å². The van der Waals surface area contributed by atoms with Crippen LogP contribution in [-0.2, 0) is 14.3 Å². The largest absolute Gasteiger partial charge is 0.381 e. The van der Waals surface area contributed by atoms with Crippen LogP contribution < -0.4 is 5.32 Å². The maximum atomic E-state index is 11.5. The Kier molecular flexibility index (Phi) is 13.5. The van der Waals surface area contributed by atoms with Crippen molar-refractivity contribution >= 4 is 11.7 Å². The Balaban J connectivity index is 3.30. The molecule has 0 aromatic heterocycles. The van der Waals surface area contributed by atoms with Crippen LogP contribution in [-0.4, -0.2) is 31.4 Å². The van der Waals surface area contributed by atoms with E-state index in [1.165, 1.54) is 0 Å². The Morgan fingerprint density at radius 1 is 1.05 bits per heavy atom. The van der Waals surface area contributed by atoms with E-state index in [9.17, 15) is 9.59 Å². The summed E-state index contributed by atoms with van der Waals surface area (Å²) in [5.41, 5.74) is 0. The highest BCUT2D eigenvalue weighted by Gasteiger charge is 2.05. The third kappa shape index (κ3) is 13.8. The predicted molar refractivity (Wildman–Crippen MR) is 86.3 cm³/mol. The lowest BCUT2D eigenvalue weighted by molar-refractivity contribution is -0.125. The van der Waals surface area contributed by atoms with Crippen LogP contribution in [0.1, 0.15) is 72.1 Å². The molecule has 0 aromatic rings. The first kappa shape index (κ1) is 20.1. The molecular weight excluding hydrogens is 266 g/mol. The summed E-state index contributed by atoms with van der Waals surface area (Å²) in [6.45, 7) is 8.70. The van der Waals surface area contributed by atoms with Gasteiger partial charge in [-0.2, -0.15) is 0 Å². The summed E-state index contributed by atoms with van der Waals surface area (Å²) in [4.78, 5) is 22.8. The topological polar surface area (TPSA) is 55.4 Å². The SMILES string of the molecule is CCCC(=O)CCC(=O)NCCCCCOCC(C)CC. The molecule has 0 radical (unpaired) electrons. The number of nitrogens with one attached hydrogen (secondary N) is 1. The smallest absolute Gasteiger partial charge is 0.220 e. The van der Waals surface area contributed by atoms with Crippen molar-refractivity contribution in [3.05, 3.63) is 0 Å². The Morgan fingerprint density at radius 3 is 2.48 bits per heavy atom. The van der Waals surface area contributed by atoms with Crippen molar-refractivity contribution in [3.8, 4) is 0 Å². The van der Waals surface area contributed by atoms with Gasteiger partial charge in [-0.25, -0.2) is 0 Å². The number of carbonyl (C=O) groups excluding carboxylic acids is 2. The van der Waals surface area contributed by atoms with E-state index in [1.807, 2.05) is 6.92 Å². The van der Waals surface area contributed by atoms with Crippen molar-refractivity contribution in [2.24, 2.45) is 5.92 Å². The van der Waals surface area contributed by atoms with Crippen molar-refractivity contribution < 1.29 is 14.3 Å². The first-order valence-electron chi connectivity index (χ1n) is 8.46. The summed E-state index contributed by atoms with van der Waals surface area (Å²) in [5, 5.41) is 2.87. The monoisotopic (exact) mass is 299 g/mol. The molecule has 0 aromatic carbocycles. The van der Waals surface area contributed by atoms with Crippen molar-refractivity contribution in [1.29, 1.82) is 0 Å². The lowest BCUT2D eigenvalue weighted by Gasteiger charge is -2.09. The van der Waals surface area contributed by atoms with Crippen molar-refractivity contribution in [2.45, 2.75) is 72.1 Å². The highest BCUT2D eigenvalue weighted by atomic mass is 16.5. The van der Waals surface area contributed by atoms with Crippen LogP contribution in [0.15, 0.2) is 0 Å². The van der Waals surface area contributed by atoms with Gasteiger partial charge in [0.25, 0.3) is 0 Å². The Hall–Kier alpha value is -0.900. The quantitative estimate of drug-likeness (QED) is 0.500. The van der Waals surface area contributed by atoms with Crippen LogP contribution in [0.4, 0.5) is 0 Å². The van der Waals surface area contributed by atoms with Gasteiger partial charge in [-0.05, 0) is 31.6 Å². The van der Waals surface area contributed by atoms with Crippen LogP contribution in [0.2, 0.25) is 0 Å². The molecule has 0 fully saturated rings. The first-order valence-corrected chi connectivity index (χ1v) is 8.46. The fourth-order valence-corrected chi connectivity index (χ4v) is 1.88. The zero-order valence-corrected chi connectivity index (χ0v) is 14.1. The maximum absolute atomic E-state index is 11.5. The Labute approximate surface area is 130 Å². The molecule has 21 heavy (non-hydrogen) atoms. The normalized spacial score (nSPS) is 12.1. The molecule has 1 N–H and O–H groups in total. The number of carbonyl (C=O) groups is 2. The van der Waals surface area contributed by atoms with E-state index in [0.29, 0.717) is 31.7 Å². The molecule has 0 spiro atoms. The Morgan fingerprint density at radius 2 is 1.81 bits per heavy atom. The van der Waals surface area contributed by atoms with E-state index in [0.717, 1.165) is 45.3 Å². The molecule has 4 nitrogen and oxygen atoms in total. The summed E-state index contributed by atoms with van der Waals surface area (Å²) >= 11 is 0. The fraction of sp³-hybridized carbons (Fsp3) is 0.882. The number of amides is 1. The number of ketones is 1. The van der Waals surface area contributed by atoms with Gasteiger partial charge in [-0.1, -0.05) is 27.2 Å². The van der Waals surface area contributed by atoms with E-state index >= 15 is 0 Å². The number of hydrogen-bond donors (Lipinski definition) is 1. The van der Waals surface area contributed by atoms with E-state index in [-0.39, 0.29) is 11.7 Å². The molecule has 0 heterocycles. The molecule has 4 heteroatoms. The molecule has 0 aliphatic heterocycles. The van der Waals surface area contributed by atoms with Gasteiger partial charge >= 0.3 is 0 Å². The lowest BCUT2D eigenvalue weighted by Crippen LogP contribution is -2.24. The van der Waals surface area contributed by atoms with Crippen LogP contribution in [0.5, 0.6) is 0 Å². The molecule has 0 aliphatic carbocycles. The molecule has 0 aliphatic rings. The van der Waals surface area contributed by atoms with Gasteiger partial charge < -0.3 is 10.1 Å². The average molecular weight is 299 g/mol. The van der Waals surface area contributed by atoms with Crippen LogP contribution in [0, 0.1) is 5.92 Å². The molecule has 0 saturated carbocycles. The second-order valence-electron chi connectivity index (χ2n) is 5.79. The third-order valence-corrected chi connectivity index (χ3v) is 3.55. The minimum absolute atomic E-state index is 0.00697. The fourth-order valence-electron chi connectivity index (χ4n) is 1.88. The standard InChI is InChI=1S/C17H33NO3/c1-4-9-16(19)10-11-17(20)18-12-7-6-8-13-21-14-15(3)5-2/h15H,4-14H2,1-3H3,(H,18,20).